The second-order valence-electron chi connectivity index (χ2n) is 2.83. The van der Waals surface area contributed by atoms with Crippen LogP contribution in [0.25, 0.3) is 0 Å². The van der Waals surface area contributed by atoms with Crippen LogP contribution in [0.1, 0.15) is 0 Å². The lowest BCUT2D eigenvalue weighted by Crippen LogP contribution is -2.09. The van der Waals surface area contributed by atoms with Crippen molar-refractivity contribution in [2.75, 3.05) is 12.4 Å². The molecule has 0 atom stereocenters. The Kier molecular flexibility index (Phi) is 4.54. The summed E-state index contributed by atoms with van der Waals surface area (Å²) in [5.41, 5.74) is 0.490. The molecule has 1 aromatic carbocycles. The highest BCUT2D eigenvalue weighted by Gasteiger charge is 2.02. The number of ether oxygens (including phenoxy) is 1. The first-order chi connectivity index (χ1) is 7.63. The Morgan fingerprint density at radius 1 is 1.31 bits per heavy atom. The van der Waals surface area contributed by atoms with Gasteiger partial charge in [-0.2, -0.15) is 0 Å². The molecule has 0 heterocycles. The molecule has 1 aromatic rings. The number of benzene rings is 1. The standard InChI is InChI=1S/C11H10ClNO3/c1-16-11(15)7-6-10(14)13-9-5-3-2-4-8(9)12/h2-7H,1H3,(H,13,14)/b7-6+. The number of anilines is 1. The van der Waals surface area contributed by atoms with Gasteiger partial charge in [-0.15, -0.1) is 0 Å². The van der Waals surface area contributed by atoms with Gasteiger partial charge in [0, 0.05) is 12.2 Å². The van der Waals surface area contributed by atoms with Gasteiger partial charge < -0.3 is 10.1 Å². The lowest BCUT2D eigenvalue weighted by Gasteiger charge is -2.03. The largest absolute Gasteiger partial charge is 0.466 e. The zero-order valence-corrected chi connectivity index (χ0v) is 9.32. The predicted octanol–water partition coefficient (Wildman–Crippen LogP) is 2.01. The van der Waals surface area contributed by atoms with E-state index in [4.69, 9.17) is 11.6 Å². The van der Waals surface area contributed by atoms with Gasteiger partial charge >= 0.3 is 5.97 Å². The molecule has 16 heavy (non-hydrogen) atoms. The van der Waals surface area contributed by atoms with E-state index in [0.29, 0.717) is 10.7 Å². The number of esters is 1. The van der Waals surface area contributed by atoms with E-state index in [-0.39, 0.29) is 0 Å². The van der Waals surface area contributed by atoms with Crippen LogP contribution in [0, 0.1) is 0 Å². The summed E-state index contributed by atoms with van der Waals surface area (Å²) in [5.74, 6) is -1.03. The highest BCUT2D eigenvalue weighted by molar-refractivity contribution is 6.33. The van der Waals surface area contributed by atoms with E-state index in [1.54, 1.807) is 24.3 Å². The second kappa shape index (κ2) is 5.92. The van der Waals surface area contributed by atoms with Crippen LogP contribution in [0.5, 0.6) is 0 Å². The number of rotatable bonds is 3. The van der Waals surface area contributed by atoms with Crippen molar-refractivity contribution in [1.82, 2.24) is 0 Å². The monoisotopic (exact) mass is 239 g/mol. The Bertz CT molecular complexity index is 429. The Morgan fingerprint density at radius 3 is 2.62 bits per heavy atom. The molecule has 1 amide bonds. The molecule has 5 heteroatoms. The first-order valence-corrected chi connectivity index (χ1v) is 4.83. The van der Waals surface area contributed by atoms with Crippen LogP contribution in [0.15, 0.2) is 36.4 Å². The maximum atomic E-state index is 11.3. The topological polar surface area (TPSA) is 55.4 Å². The molecule has 0 aliphatic rings. The van der Waals surface area contributed by atoms with Crippen LogP contribution in [-0.4, -0.2) is 19.0 Å². The number of amides is 1. The van der Waals surface area contributed by atoms with Crippen molar-refractivity contribution in [3.63, 3.8) is 0 Å². The minimum atomic E-state index is -0.589. The van der Waals surface area contributed by atoms with Crippen LogP contribution in [0.4, 0.5) is 5.69 Å². The van der Waals surface area contributed by atoms with E-state index < -0.39 is 11.9 Å². The number of halogens is 1. The summed E-state index contributed by atoms with van der Waals surface area (Å²) in [5, 5.41) is 2.96. The summed E-state index contributed by atoms with van der Waals surface area (Å²) in [6, 6.07) is 6.81. The normalized spacial score (nSPS) is 10.1. The average molecular weight is 240 g/mol. The van der Waals surface area contributed by atoms with Gasteiger partial charge in [-0.05, 0) is 12.1 Å². The molecular formula is C11H10ClNO3. The zero-order valence-electron chi connectivity index (χ0n) is 8.57. The second-order valence-corrected chi connectivity index (χ2v) is 3.23. The van der Waals surface area contributed by atoms with Gasteiger partial charge in [-0.25, -0.2) is 4.79 Å². The maximum absolute atomic E-state index is 11.3. The van der Waals surface area contributed by atoms with Gasteiger partial charge in [0.25, 0.3) is 0 Å². The van der Waals surface area contributed by atoms with E-state index in [2.05, 4.69) is 10.1 Å². The third kappa shape index (κ3) is 3.74. The van der Waals surface area contributed by atoms with Crippen LogP contribution in [0.2, 0.25) is 5.02 Å². The lowest BCUT2D eigenvalue weighted by atomic mass is 10.3. The number of carbonyl (C=O) groups is 2. The molecule has 4 nitrogen and oxygen atoms in total. The van der Waals surface area contributed by atoms with Crippen molar-refractivity contribution < 1.29 is 14.3 Å². The maximum Gasteiger partial charge on any atom is 0.330 e. The van der Waals surface area contributed by atoms with Crippen LogP contribution < -0.4 is 5.32 Å². The Morgan fingerprint density at radius 2 is 2.00 bits per heavy atom. The lowest BCUT2D eigenvalue weighted by molar-refractivity contribution is -0.135. The van der Waals surface area contributed by atoms with Gasteiger partial charge in [-0.1, -0.05) is 23.7 Å². The van der Waals surface area contributed by atoms with E-state index in [9.17, 15) is 9.59 Å². The fourth-order valence-corrected chi connectivity index (χ4v) is 1.13. The third-order valence-electron chi connectivity index (χ3n) is 1.70. The molecule has 0 radical (unpaired) electrons. The molecule has 1 N–H and O–H groups in total. The van der Waals surface area contributed by atoms with E-state index in [1.807, 2.05) is 0 Å². The number of methoxy groups -OCH3 is 1. The molecule has 84 valence electrons. The average Bonchev–Trinajstić information content (AvgIpc) is 2.29. The van der Waals surface area contributed by atoms with Crippen molar-refractivity contribution in [3.8, 4) is 0 Å². The fraction of sp³-hybridized carbons (Fsp3) is 0.0909. The predicted molar refractivity (Wildman–Crippen MR) is 61.2 cm³/mol. The first kappa shape index (κ1) is 12.3. The van der Waals surface area contributed by atoms with E-state index in [0.717, 1.165) is 12.2 Å². The van der Waals surface area contributed by atoms with Gasteiger partial charge in [0.05, 0.1) is 17.8 Å². The van der Waals surface area contributed by atoms with E-state index >= 15 is 0 Å². The van der Waals surface area contributed by atoms with Gasteiger partial charge in [-0.3, -0.25) is 4.79 Å². The highest BCUT2D eigenvalue weighted by atomic mass is 35.5. The zero-order chi connectivity index (χ0) is 12.0. The van der Waals surface area contributed by atoms with Crippen molar-refractivity contribution in [2.24, 2.45) is 0 Å². The summed E-state index contributed by atoms with van der Waals surface area (Å²) in [6.07, 6.45) is 2.11. The van der Waals surface area contributed by atoms with Gasteiger partial charge in [0.2, 0.25) is 5.91 Å². The molecule has 0 aromatic heterocycles. The van der Waals surface area contributed by atoms with E-state index in [1.165, 1.54) is 7.11 Å². The summed E-state index contributed by atoms with van der Waals surface area (Å²) >= 11 is 5.83. The Balaban J connectivity index is 2.62. The highest BCUT2D eigenvalue weighted by Crippen LogP contribution is 2.20. The number of nitrogens with one attached hydrogen (secondary N) is 1. The van der Waals surface area contributed by atoms with Crippen LogP contribution in [0.3, 0.4) is 0 Å². The quantitative estimate of drug-likeness (QED) is 0.648. The number of hydrogen-bond acceptors (Lipinski definition) is 3. The summed E-state index contributed by atoms with van der Waals surface area (Å²) < 4.78 is 4.34. The minimum Gasteiger partial charge on any atom is -0.466 e. The van der Waals surface area contributed by atoms with Crippen LogP contribution in [-0.2, 0) is 14.3 Å². The molecule has 1 rings (SSSR count). The van der Waals surface area contributed by atoms with Crippen molar-refractivity contribution in [2.45, 2.75) is 0 Å². The van der Waals surface area contributed by atoms with Crippen molar-refractivity contribution >= 4 is 29.2 Å². The van der Waals surface area contributed by atoms with Gasteiger partial charge in [0.15, 0.2) is 0 Å². The van der Waals surface area contributed by atoms with Crippen LogP contribution >= 0.6 is 11.6 Å². The third-order valence-corrected chi connectivity index (χ3v) is 2.03. The summed E-state index contributed by atoms with van der Waals surface area (Å²) in [6.45, 7) is 0. The van der Waals surface area contributed by atoms with Gasteiger partial charge in [0.1, 0.15) is 0 Å². The van der Waals surface area contributed by atoms with Crippen molar-refractivity contribution in [3.05, 3.63) is 41.4 Å². The molecule has 0 saturated heterocycles. The SMILES string of the molecule is COC(=O)/C=C/C(=O)Nc1ccccc1Cl. The fourth-order valence-electron chi connectivity index (χ4n) is 0.949. The first-order valence-electron chi connectivity index (χ1n) is 4.45. The number of carbonyl (C=O) groups excluding carboxylic acids is 2. The molecule has 0 bridgehead atoms. The number of hydrogen-bond donors (Lipinski definition) is 1. The molecule has 0 aliphatic heterocycles. The molecule has 0 fully saturated rings. The number of para-hydroxylation sites is 1. The van der Waals surface area contributed by atoms with Crippen molar-refractivity contribution in [1.29, 1.82) is 0 Å². The Labute approximate surface area is 97.9 Å². The minimum absolute atomic E-state index is 0.433. The molecule has 0 spiro atoms. The molecule has 0 aliphatic carbocycles. The smallest absolute Gasteiger partial charge is 0.330 e. The Hall–Kier alpha value is -1.81. The molecular weight excluding hydrogens is 230 g/mol. The molecule has 0 saturated carbocycles. The molecule has 0 unspecified atom stereocenters. The summed E-state index contributed by atoms with van der Waals surface area (Å²) in [7, 11) is 1.23. The summed E-state index contributed by atoms with van der Waals surface area (Å²) in [4.78, 5) is 22.0.